The quantitative estimate of drug-likeness (QED) is 0.660. The predicted octanol–water partition coefficient (Wildman–Crippen LogP) is 2.37. The number of hydrogen-bond donors (Lipinski definition) is 1. The van der Waals surface area contributed by atoms with Gasteiger partial charge in [-0.1, -0.05) is 0 Å². The normalized spacial score (nSPS) is 16.3. The lowest BCUT2D eigenvalue weighted by Gasteiger charge is -2.36. The molecule has 1 fully saturated rings. The topological polar surface area (TPSA) is 71.1 Å². The molecule has 1 saturated heterocycles. The number of hydrogen-bond acceptors (Lipinski definition) is 6. The van der Waals surface area contributed by atoms with Crippen LogP contribution in [0.5, 0.6) is 5.75 Å². The molecule has 0 aliphatic carbocycles. The van der Waals surface area contributed by atoms with E-state index in [0.29, 0.717) is 39.3 Å². The number of anilines is 1. The minimum Gasteiger partial charge on any atom is -0.489 e. The van der Waals surface area contributed by atoms with E-state index in [4.69, 9.17) is 9.47 Å². The van der Waals surface area contributed by atoms with Gasteiger partial charge in [-0.15, -0.1) is 0 Å². The summed E-state index contributed by atoms with van der Waals surface area (Å²) in [6.45, 7) is 9.11. The van der Waals surface area contributed by atoms with E-state index >= 15 is 0 Å². The van der Waals surface area contributed by atoms with Crippen molar-refractivity contribution in [1.82, 2.24) is 10.2 Å². The smallest absolute Gasteiger partial charge is 0.407 e. The van der Waals surface area contributed by atoms with E-state index in [0.717, 1.165) is 6.07 Å². The van der Waals surface area contributed by atoms with Crippen molar-refractivity contribution in [3.63, 3.8) is 0 Å². The third-order valence-corrected chi connectivity index (χ3v) is 5.18. The van der Waals surface area contributed by atoms with Crippen LogP contribution in [0.1, 0.15) is 20.8 Å². The van der Waals surface area contributed by atoms with Crippen LogP contribution in [0.3, 0.4) is 0 Å². The Morgan fingerprint density at radius 3 is 2.43 bits per heavy atom. The molecule has 10 heteroatoms. The van der Waals surface area contributed by atoms with E-state index in [9.17, 15) is 17.8 Å². The van der Waals surface area contributed by atoms with Gasteiger partial charge in [0.2, 0.25) is 0 Å². The summed E-state index contributed by atoms with van der Waals surface area (Å²) >= 11 is 0. The molecule has 30 heavy (non-hydrogen) atoms. The van der Waals surface area contributed by atoms with Gasteiger partial charge in [0.15, 0.2) is 11.6 Å². The van der Waals surface area contributed by atoms with Crippen LogP contribution in [-0.2, 0) is 15.5 Å². The molecule has 0 unspecified atom stereocenters. The molecule has 1 aromatic carbocycles. The Morgan fingerprint density at radius 2 is 1.83 bits per heavy atom. The van der Waals surface area contributed by atoms with Gasteiger partial charge in [0.05, 0.1) is 18.0 Å². The number of nitrogens with one attached hydrogen (secondary N) is 1. The van der Waals surface area contributed by atoms with Gasteiger partial charge in [0.1, 0.15) is 11.4 Å². The zero-order valence-electron chi connectivity index (χ0n) is 18.0. The van der Waals surface area contributed by atoms with E-state index in [1.54, 1.807) is 6.26 Å². The van der Waals surface area contributed by atoms with Crippen LogP contribution in [0.4, 0.5) is 19.3 Å². The summed E-state index contributed by atoms with van der Waals surface area (Å²) in [7, 11) is -1.05. The highest BCUT2D eigenvalue weighted by molar-refractivity contribution is 7.84. The van der Waals surface area contributed by atoms with Crippen molar-refractivity contribution >= 4 is 22.6 Å². The molecule has 2 rings (SSSR count). The lowest BCUT2D eigenvalue weighted by atomic mass is 10.2. The SMILES string of the molecule is C[S@](=O)CCOc1cc(N2CCN(CCNC(=O)OC(C)(C)C)CC2)c(F)cc1F. The number of ether oxygens (including phenoxy) is 2. The highest BCUT2D eigenvalue weighted by Crippen LogP contribution is 2.29. The molecule has 1 heterocycles. The largest absolute Gasteiger partial charge is 0.489 e. The summed E-state index contributed by atoms with van der Waals surface area (Å²) in [5.41, 5.74) is -0.249. The minimum atomic E-state index is -1.05. The molecule has 0 bridgehead atoms. The summed E-state index contributed by atoms with van der Waals surface area (Å²) in [5.74, 6) is -1.17. The first-order chi connectivity index (χ1) is 14.0. The molecule has 0 aromatic heterocycles. The van der Waals surface area contributed by atoms with Crippen molar-refractivity contribution < 1.29 is 27.3 Å². The van der Waals surface area contributed by atoms with Gasteiger partial charge in [-0.05, 0) is 20.8 Å². The van der Waals surface area contributed by atoms with Gasteiger partial charge in [-0.3, -0.25) is 9.11 Å². The molecule has 1 aromatic rings. The average Bonchev–Trinajstić information content (AvgIpc) is 2.62. The van der Waals surface area contributed by atoms with Crippen LogP contribution in [-0.4, -0.2) is 78.7 Å². The first kappa shape index (κ1) is 24.3. The van der Waals surface area contributed by atoms with Crippen molar-refractivity contribution in [3.8, 4) is 5.75 Å². The molecule has 7 nitrogen and oxygen atoms in total. The number of halogens is 2. The lowest BCUT2D eigenvalue weighted by molar-refractivity contribution is 0.0521. The predicted molar refractivity (Wildman–Crippen MR) is 114 cm³/mol. The number of carbonyl (C=O) groups is 1. The molecule has 170 valence electrons. The van der Waals surface area contributed by atoms with Gasteiger partial charge in [-0.25, -0.2) is 13.6 Å². The third-order valence-electron chi connectivity index (χ3n) is 4.44. The van der Waals surface area contributed by atoms with E-state index in [-0.39, 0.29) is 23.8 Å². The van der Waals surface area contributed by atoms with Crippen molar-refractivity contribution in [2.45, 2.75) is 26.4 Å². The average molecular weight is 448 g/mol. The van der Waals surface area contributed by atoms with Gasteiger partial charge in [0, 0.05) is 68.5 Å². The van der Waals surface area contributed by atoms with Crippen molar-refractivity contribution in [3.05, 3.63) is 23.8 Å². The molecule has 1 N–H and O–H groups in total. The number of nitrogens with zero attached hydrogens (tertiary/aromatic N) is 2. The molecule has 1 aliphatic heterocycles. The minimum absolute atomic E-state index is 0.0409. The fraction of sp³-hybridized carbons (Fsp3) is 0.650. The van der Waals surface area contributed by atoms with Gasteiger partial charge >= 0.3 is 6.09 Å². The van der Waals surface area contributed by atoms with Crippen molar-refractivity contribution in [1.29, 1.82) is 0 Å². The van der Waals surface area contributed by atoms with E-state index in [1.165, 1.54) is 6.07 Å². The second-order valence-corrected chi connectivity index (χ2v) is 9.67. The Kier molecular flexibility index (Phi) is 8.84. The summed E-state index contributed by atoms with van der Waals surface area (Å²) in [5, 5.41) is 2.72. The van der Waals surface area contributed by atoms with Crippen molar-refractivity contribution in [2.75, 3.05) is 62.8 Å². The standard InChI is InChI=1S/C20H31F2N3O4S/c1-20(2,3)29-19(26)23-5-6-24-7-9-25(10-8-24)17-14-18(16(22)13-15(17)21)28-11-12-30(4)27/h13-14H,5-12H2,1-4H3,(H,23,26)/t30-/m0/s1. The highest BCUT2D eigenvalue weighted by Gasteiger charge is 2.22. The Bertz CT molecular complexity index is 750. The fourth-order valence-corrected chi connectivity index (χ4v) is 3.30. The number of alkyl carbamates (subject to hydrolysis) is 1. The summed E-state index contributed by atoms with van der Waals surface area (Å²) in [6, 6.07) is 2.19. The molecule has 0 radical (unpaired) electrons. The zero-order chi connectivity index (χ0) is 22.3. The van der Waals surface area contributed by atoms with E-state index in [1.807, 2.05) is 25.7 Å². The number of rotatable bonds is 8. The first-order valence-corrected chi connectivity index (χ1v) is 11.6. The Labute approximate surface area is 179 Å². The van der Waals surface area contributed by atoms with Crippen LogP contribution < -0.4 is 15.0 Å². The lowest BCUT2D eigenvalue weighted by Crippen LogP contribution is -2.49. The van der Waals surface area contributed by atoms with Crippen molar-refractivity contribution in [2.24, 2.45) is 0 Å². The maximum atomic E-state index is 14.3. The molecule has 1 atom stereocenters. The van der Waals surface area contributed by atoms with Crippen LogP contribution in [0, 0.1) is 11.6 Å². The van der Waals surface area contributed by atoms with Gasteiger partial charge in [-0.2, -0.15) is 0 Å². The Hall–Kier alpha value is -1.94. The molecular weight excluding hydrogens is 416 g/mol. The van der Waals surface area contributed by atoms with E-state index in [2.05, 4.69) is 10.2 Å². The highest BCUT2D eigenvalue weighted by atomic mass is 32.2. The summed E-state index contributed by atoms with van der Waals surface area (Å²) < 4.78 is 50.0. The summed E-state index contributed by atoms with van der Waals surface area (Å²) in [6.07, 6.45) is 1.09. The fourth-order valence-electron chi connectivity index (χ4n) is 2.98. The molecule has 0 spiro atoms. The number of piperazine rings is 1. The van der Waals surface area contributed by atoms with Crippen LogP contribution in [0.25, 0.3) is 0 Å². The second kappa shape index (κ2) is 10.9. The first-order valence-electron chi connectivity index (χ1n) is 9.91. The molecule has 0 saturated carbocycles. The number of benzene rings is 1. The molecule has 1 amide bonds. The monoisotopic (exact) mass is 447 g/mol. The number of amides is 1. The summed E-state index contributed by atoms with van der Waals surface area (Å²) in [4.78, 5) is 15.7. The van der Waals surface area contributed by atoms with Crippen LogP contribution in [0.15, 0.2) is 12.1 Å². The van der Waals surface area contributed by atoms with Gasteiger partial charge in [0.25, 0.3) is 0 Å². The van der Waals surface area contributed by atoms with Crippen LogP contribution >= 0.6 is 0 Å². The third kappa shape index (κ3) is 8.06. The maximum Gasteiger partial charge on any atom is 0.407 e. The molecular formula is C20H31F2N3O4S. The van der Waals surface area contributed by atoms with E-state index < -0.39 is 34.1 Å². The Morgan fingerprint density at radius 1 is 1.17 bits per heavy atom. The van der Waals surface area contributed by atoms with Gasteiger partial charge < -0.3 is 19.7 Å². The zero-order valence-corrected chi connectivity index (χ0v) is 18.8. The second-order valence-electron chi connectivity index (χ2n) is 8.12. The maximum absolute atomic E-state index is 14.3. The molecule has 1 aliphatic rings. The van der Waals surface area contributed by atoms with Crippen LogP contribution in [0.2, 0.25) is 0 Å². The number of carbonyl (C=O) groups excluding carboxylic acids is 1. The Balaban J connectivity index is 1.84.